The van der Waals surface area contributed by atoms with Gasteiger partial charge < -0.3 is 10.6 Å². The van der Waals surface area contributed by atoms with Crippen LogP contribution in [-0.2, 0) is 7.05 Å². The first-order chi connectivity index (χ1) is 6.84. The molecule has 78 valence electrons. The van der Waals surface area contributed by atoms with Crippen molar-refractivity contribution in [3.05, 3.63) is 12.4 Å². The molecule has 1 fully saturated rings. The Kier molecular flexibility index (Phi) is 3.03. The predicted molar refractivity (Wildman–Crippen MR) is 57.3 cm³/mol. The van der Waals surface area contributed by atoms with Gasteiger partial charge in [-0.1, -0.05) is 0 Å². The van der Waals surface area contributed by atoms with Crippen LogP contribution < -0.4 is 10.6 Å². The maximum absolute atomic E-state index is 4.12. The Bertz CT molecular complexity index is 275. The Morgan fingerprint density at radius 1 is 1.57 bits per heavy atom. The van der Waals surface area contributed by atoms with Crippen LogP contribution in [0.3, 0.4) is 0 Å². The van der Waals surface area contributed by atoms with Crippen LogP contribution in [0.25, 0.3) is 0 Å². The molecular formula is C10H18N4. The number of piperidine rings is 1. The minimum absolute atomic E-state index is 0.816. The van der Waals surface area contributed by atoms with Gasteiger partial charge in [0.1, 0.15) is 0 Å². The first-order valence-corrected chi connectivity index (χ1v) is 5.28. The van der Waals surface area contributed by atoms with Gasteiger partial charge in [0.15, 0.2) is 0 Å². The predicted octanol–water partition coefficient (Wildman–Crippen LogP) is 0.832. The number of nitrogens with one attached hydrogen (secondary N) is 2. The molecule has 1 aromatic heterocycles. The van der Waals surface area contributed by atoms with Crippen molar-refractivity contribution in [1.29, 1.82) is 0 Å². The third kappa shape index (κ3) is 2.48. The zero-order valence-electron chi connectivity index (χ0n) is 8.66. The van der Waals surface area contributed by atoms with E-state index in [1.165, 1.54) is 25.9 Å². The molecule has 4 heteroatoms. The first-order valence-electron chi connectivity index (χ1n) is 5.28. The third-order valence-electron chi connectivity index (χ3n) is 2.76. The van der Waals surface area contributed by atoms with Crippen molar-refractivity contribution < 1.29 is 0 Å². The Balaban J connectivity index is 1.76. The summed E-state index contributed by atoms with van der Waals surface area (Å²) in [5, 5.41) is 10.9. The zero-order valence-corrected chi connectivity index (χ0v) is 8.66. The molecule has 0 bridgehead atoms. The van der Waals surface area contributed by atoms with Crippen LogP contribution in [0.2, 0.25) is 0 Å². The van der Waals surface area contributed by atoms with E-state index in [4.69, 9.17) is 0 Å². The number of rotatable bonds is 3. The number of aromatic nitrogens is 2. The molecular weight excluding hydrogens is 176 g/mol. The van der Waals surface area contributed by atoms with Gasteiger partial charge in [-0.15, -0.1) is 0 Å². The third-order valence-corrected chi connectivity index (χ3v) is 2.76. The molecule has 2 rings (SSSR count). The van der Waals surface area contributed by atoms with Gasteiger partial charge in [-0.25, -0.2) is 0 Å². The second-order valence-electron chi connectivity index (χ2n) is 3.98. The molecule has 4 nitrogen and oxygen atoms in total. The topological polar surface area (TPSA) is 41.9 Å². The maximum Gasteiger partial charge on any atom is 0.0726 e. The largest absolute Gasteiger partial charge is 0.382 e. The fourth-order valence-corrected chi connectivity index (χ4v) is 1.86. The van der Waals surface area contributed by atoms with E-state index in [1.54, 1.807) is 0 Å². The van der Waals surface area contributed by atoms with E-state index in [9.17, 15) is 0 Å². The molecule has 0 aliphatic carbocycles. The van der Waals surface area contributed by atoms with Crippen LogP contribution in [0, 0.1) is 5.92 Å². The van der Waals surface area contributed by atoms with Gasteiger partial charge in [-0.3, -0.25) is 4.68 Å². The van der Waals surface area contributed by atoms with Crippen LogP contribution in [0.15, 0.2) is 12.4 Å². The standard InChI is InChI=1S/C10H18N4/c1-14-8-10(7-13-14)12-6-9-2-4-11-5-3-9/h7-9,11-12H,2-6H2,1H3. The van der Waals surface area contributed by atoms with Crippen molar-refractivity contribution in [3.63, 3.8) is 0 Å². The second-order valence-corrected chi connectivity index (χ2v) is 3.98. The fourth-order valence-electron chi connectivity index (χ4n) is 1.86. The van der Waals surface area contributed by atoms with Gasteiger partial charge >= 0.3 is 0 Å². The summed E-state index contributed by atoms with van der Waals surface area (Å²) < 4.78 is 1.82. The summed E-state index contributed by atoms with van der Waals surface area (Å²) in [5.74, 6) is 0.816. The average Bonchev–Trinajstić information content (AvgIpc) is 2.63. The van der Waals surface area contributed by atoms with Crippen LogP contribution >= 0.6 is 0 Å². The van der Waals surface area contributed by atoms with Crippen molar-refractivity contribution in [1.82, 2.24) is 15.1 Å². The van der Waals surface area contributed by atoms with E-state index in [2.05, 4.69) is 15.7 Å². The first kappa shape index (κ1) is 9.52. The number of aryl methyl sites for hydroxylation is 1. The molecule has 1 aliphatic heterocycles. The molecule has 0 saturated carbocycles. The Hall–Kier alpha value is -1.03. The Morgan fingerprint density at radius 2 is 2.36 bits per heavy atom. The molecule has 0 unspecified atom stereocenters. The SMILES string of the molecule is Cn1cc(NCC2CCNCC2)cn1. The number of hydrogen-bond donors (Lipinski definition) is 2. The minimum atomic E-state index is 0.816. The molecule has 1 saturated heterocycles. The smallest absolute Gasteiger partial charge is 0.0726 e. The van der Waals surface area contributed by atoms with E-state index in [-0.39, 0.29) is 0 Å². The number of anilines is 1. The minimum Gasteiger partial charge on any atom is -0.382 e. The lowest BCUT2D eigenvalue weighted by atomic mass is 9.98. The van der Waals surface area contributed by atoms with Crippen molar-refractivity contribution in [2.45, 2.75) is 12.8 Å². The fraction of sp³-hybridized carbons (Fsp3) is 0.700. The van der Waals surface area contributed by atoms with Gasteiger partial charge in [0, 0.05) is 19.8 Å². The van der Waals surface area contributed by atoms with E-state index in [0.717, 1.165) is 18.2 Å². The van der Waals surface area contributed by atoms with Gasteiger partial charge in [0.2, 0.25) is 0 Å². The highest BCUT2D eigenvalue weighted by Crippen LogP contribution is 2.13. The Labute approximate surface area is 84.7 Å². The monoisotopic (exact) mass is 194 g/mol. The van der Waals surface area contributed by atoms with Crippen molar-refractivity contribution >= 4 is 5.69 Å². The maximum atomic E-state index is 4.12. The summed E-state index contributed by atoms with van der Waals surface area (Å²) in [5.41, 5.74) is 1.13. The summed E-state index contributed by atoms with van der Waals surface area (Å²) in [6, 6.07) is 0. The zero-order chi connectivity index (χ0) is 9.80. The molecule has 0 aromatic carbocycles. The summed E-state index contributed by atoms with van der Waals surface area (Å²) in [7, 11) is 1.94. The van der Waals surface area contributed by atoms with Crippen LogP contribution in [0.1, 0.15) is 12.8 Å². The normalized spacial score (nSPS) is 18.4. The Morgan fingerprint density at radius 3 is 3.00 bits per heavy atom. The van der Waals surface area contributed by atoms with E-state index in [0.29, 0.717) is 0 Å². The highest BCUT2D eigenvalue weighted by Gasteiger charge is 2.12. The van der Waals surface area contributed by atoms with Gasteiger partial charge in [-0.2, -0.15) is 5.10 Å². The molecule has 0 amide bonds. The summed E-state index contributed by atoms with van der Waals surface area (Å²) in [6.45, 7) is 3.41. The van der Waals surface area contributed by atoms with Crippen LogP contribution in [0.4, 0.5) is 5.69 Å². The average molecular weight is 194 g/mol. The van der Waals surface area contributed by atoms with Gasteiger partial charge in [-0.05, 0) is 31.8 Å². The number of hydrogen-bond acceptors (Lipinski definition) is 3. The van der Waals surface area contributed by atoms with Gasteiger partial charge in [0.25, 0.3) is 0 Å². The lowest BCUT2D eigenvalue weighted by molar-refractivity contribution is 0.390. The molecule has 1 aromatic rings. The second kappa shape index (κ2) is 4.46. The van der Waals surface area contributed by atoms with Crippen molar-refractivity contribution in [2.75, 3.05) is 25.0 Å². The summed E-state index contributed by atoms with van der Waals surface area (Å²) >= 11 is 0. The van der Waals surface area contributed by atoms with E-state index < -0.39 is 0 Å². The van der Waals surface area contributed by atoms with Crippen LogP contribution in [-0.4, -0.2) is 29.4 Å². The molecule has 0 atom stereocenters. The molecule has 0 spiro atoms. The lowest BCUT2D eigenvalue weighted by Gasteiger charge is -2.22. The molecule has 0 radical (unpaired) electrons. The lowest BCUT2D eigenvalue weighted by Crippen LogP contribution is -2.31. The summed E-state index contributed by atoms with van der Waals surface area (Å²) in [6.07, 6.45) is 6.46. The summed E-state index contributed by atoms with van der Waals surface area (Å²) in [4.78, 5) is 0. The molecule has 14 heavy (non-hydrogen) atoms. The van der Waals surface area contributed by atoms with E-state index in [1.807, 2.05) is 24.1 Å². The highest BCUT2D eigenvalue weighted by atomic mass is 15.3. The van der Waals surface area contributed by atoms with Crippen molar-refractivity contribution in [3.8, 4) is 0 Å². The molecule has 1 aliphatic rings. The van der Waals surface area contributed by atoms with Gasteiger partial charge in [0.05, 0.1) is 11.9 Å². The number of nitrogens with zero attached hydrogens (tertiary/aromatic N) is 2. The van der Waals surface area contributed by atoms with E-state index >= 15 is 0 Å². The molecule has 2 N–H and O–H groups in total. The molecule has 2 heterocycles. The van der Waals surface area contributed by atoms with Crippen molar-refractivity contribution in [2.24, 2.45) is 13.0 Å². The van der Waals surface area contributed by atoms with Crippen LogP contribution in [0.5, 0.6) is 0 Å². The highest BCUT2D eigenvalue weighted by molar-refractivity contribution is 5.37. The quantitative estimate of drug-likeness (QED) is 0.749.